The lowest BCUT2D eigenvalue weighted by Crippen LogP contribution is -2.49. The lowest BCUT2D eigenvalue weighted by molar-refractivity contribution is -0.153. The molecule has 1 aromatic heterocycles. The summed E-state index contributed by atoms with van der Waals surface area (Å²) < 4.78 is 1.53. The SMILES string of the molecule is CC(C)C(C)c1nnnn1C1(C(=O)O)CCC1. The van der Waals surface area contributed by atoms with Crippen LogP contribution in [0.2, 0.25) is 0 Å². The molecule has 0 amide bonds. The van der Waals surface area contributed by atoms with Gasteiger partial charge in [-0.25, -0.2) is 9.48 Å². The van der Waals surface area contributed by atoms with E-state index in [9.17, 15) is 9.90 Å². The number of hydrogen-bond acceptors (Lipinski definition) is 4. The average molecular weight is 238 g/mol. The van der Waals surface area contributed by atoms with Gasteiger partial charge in [-0.1, -0.05) is 20.8 Å². The predicted octanol–water partition coefficient (Wildman–Crippen LogP) is 1.40. The van der Waals surface area contributed by atoms with Crippen molar-refractivity contribution in [2.45, 2.75) is 51.5 Å². The Hall–Kier alpha value is -1.46. The Morgan fingerprint density at radius 1 is 1.41 bits per heavy atom. The van der Waals surface area contributed by atoms with Crippen LogP contribution >= 0.6 is 0 Å². The number of tetrazole rings is 1. The Bertz CT molecular complexity index is 423. The number of carboxylic acid groups (broad SMARTS) is 1. The second kappa shape index (κ2) is 4.09. The number of carbonyl (C=O) groups is 1. The van der Waals surface area contributed by atoms with Crippen LogP contribution < -0.4 is 0 Å². The molecule has 17 heavy (non-hydrogen) atoms. The molecule has 0 saturated heterocycles. The van der Waals surface area contributed by atoms with E-state index < -0.39 is 11.5 Å². The number of nitrogens with zero attached hydrogens (tertiary/aromatic N) is 4. The maximum Gasteiger partial charge on any atom is 0.331 e. The summed E-state index contributed by atoms with van der Waals surface area (Å²) in [6.45, 7) is 6.19. The Morgan fingerprint density at radius 2 is 2.06 bits per heavy atom. The normalized spacial score (nSPS) is 20.0. The van der Waals surface area contributed by atoms with E-state index in [1.807, 2.05) is 6.92 Å². The number of hydrogen-bond donors (Lipinski definition) is 1. The molecule has 94 valence electrons. The molecule has 1 atom stereocenters. The highest BCUT2D eigenvalue weighted by atomic mass is 16.4. The molecule has 1 aromatic rings. The molecule has 1 aliphatic rings. The van der Waals surface area contributed by atoms with Crippen molar-refractivity contribution in [3.8, 4) is 0 Å². The molecular formula is C11H18N4O2. The zero-order valence-electron chi connectivity index (χ0n) is 10.4. The molecule has 6 nitrogen and oxygen atoms in total. The summed E-state index contributed by atoms with van der Waals surface area (Å²) in [5, 5.41) is 21.0. The fraction of sp³-hybridized carbons (Fsp3) is 0.818. The Balaban J connectivity index is 2.39. The van der Waals surface area contributed by atoms with Gasteiger partial charge in [0.1, 0.15) is 0 Å². The highest BCUT2D eigenvalue weighted by Crippen LogP contribution is 2.40. The minimum absolute atomic E-state index is 0.154. The summed E-state index contributed by atoms with van der Waals surface area (Å²) in [6, 6.07) is 0. The molecule has 1 aliphatic carbocycles. The molecule has 0 aromatic carbocycles. The molecule has 1 N–H and O–H groups in total. The second-order valence-electron chi connectivity index (χ2n) is 5.17. The van der Waals surface area contributed by atoms with Gasteiger partial charge in [-0.05, 0) is 35.6 Å². The topological polar surface area (TPSA) is 80.9 Å². The minimum Gasteiger partial charge on any atom is -0.479 e. The van der Waals surface area contributed by atoms with Crippen LogP contribution in [0, 0.1) is 5.92 Å². The van der Waals surface area contributed by atoms with E-state index in [0.29, 0.717) is 24.6 Å². The van der Waals surface area contributed by atoms with Crippen LogP contribution in [0.25, 0.3) is 0 Å². The van der Waals surface area contributed by atoms with Crippen molar-refractivity contribution in [1.29, 1.82) is 0 Å². The summed E-state index contributed by atoms with van der Waals surface area (Å²) >= 11 is 0. The van der Waals surface area contributed by atoms with Gasteiger partial charge in [-0.15, -0.1) is 5.10 Å². The van der Waals surface area contributed by atoms with E-state index in [1.54, 1.807) is 0 Å². The fourth-order valence-corrected chi connectivity index (χ4v) is 2.11. The predicted molar refractivity (Wildman–Crippen MR) is 60.5 cm³/mol. The maximum atomic E-state index is 11.4. The first-order valence-electron chi connectivity index (χ1n) is 6.01. The summed E-state index contributed by atoms with van der Waals surface area (Å²) in [5.74, 6) is 0.392. The standard InChI is InChI=1S/C11H18N4O2/c1-7(2)8(3)9-12-13-14-15(9)11(10(16)17)5-4-6-11/h7-8H,4-6H2,1-3H3,(H,16,17). The van der Waals surface area contributed by atoms with Crippen molar-refractivity contribution >= 4 is 5.97 Å². The molecule has 0 radical (unpaired) electrons. The first kappa shape index (κ1) is 12.0. The van der Waals surface area contributed by atoms with E-state index in [1.165, 1.54) is 4.68 Å². The van der Waals surface area contributed by atoms with Crippen molar-refractivity contribution in [2.75, 3.05) is 0 Å². The number of rotatable bonds is 4. The van der Waals surface area contributed by atoms with Crippen LogP contribution in [-0.4, -0.2) is 31.3 Å². The van der Waals surface area contributed by atoms with Crippen LogP contribution in [0.4, 0.5) is 0 Å². The molecule has 0 bridgehead atoms. The monoisotopic (exact) mass is 238 g/mol. The van der Waals surface area contributed by atoms with Crippen molar-refractivity contribution in [1.82, 2.24) is 20.2 Å². The second-order valence-corrected chi connectivity index (χ2v) is 5.17. The largest absolute Gasteiger partial charge is 0.479 e. The van der Waals surface area contributed by atoms with Gasteiger partial charge in [0, 0.05) is 5.92 Å². The minimum atomic E-state index is -0.901. The first-order valence-corrected chi connectivity index (χ1v) is 6.01. The summed E-state index contributed by atoms with van der Waals surface area (Å²) in [5.41, 5.74) is -0.901. The molecule has 6 heteroatoms. The van der Waals surface area contributed by atoms with Gasteiger partial charge in [0.05, 0.1) is 0 Å². The van der Waals surface area contributed by atoms with Crippen LogP contribution in [-0.2, 0) is 10.3 Å². The van der Waals surface area contributed by atoms with Gasteiger partial charge in [-0.3, -0.25) is 0 Å². The van der Waals surface area contributed by atoms with E-state index in [0.717, 1.165) is 6.42 Å². The van der Waals surface area contributed by atoms with Crippen molar-refractivity contribution in [3.63, 3.8) is 0 Å². The third-order valence-corrected chi connectivity index (χ3v) is 3.89. The first-order chi connectivity index (χ1) is 7.99. The maximum absolute atomic E-state index is 11.4. The Labute approximate surface area is 100 Å². The van der Waals surface area contributed by atoms with Crippen LogP contribution in [0.15, 0.2) is 0 Å². The molecule has 0 spiro atoms. The zero-order valence-corrected chi connectivity index (χ0v) is 10.4. The van der Waals surface area contributed by atoms with Crippen molar-refractivity contribution in [2.24, 2.45) is 5.92 Å². The zero-order chi connectivity index (χ0) is 12.6. The molecule has 0 aliphatic heterocycles. The van der Waals surface area contributed by atoms with Gasteiger partial charge in [0.15, 0.2) is 11.4 Å². The molecule has 1 saturated carbocycles. The third kappa shape index (κ3) is 1.71. The highest BCUT2D eigenvalue weighted by Gasteiger charge is 2.49. The smallest absolute Gasteiger partial charge is 0.331 e. The van der Waals surface area contributed by atoms with E-state index in [2.05, 4.69) is 29.4 Å². The average Bonchev–Trinajstić information content (AvgIpc) is 2.63. The quantitative estimate of drug-likeness (QED) is 0.857. The molecule has 1 heterocycles. The lowest BCUT2D eigenvalue weighted by Gasteiger charge is -2.38. The fourth-order valence-electron chi connectivity index (χ4n) is 2.11. The molecular weight excluding hydrogens is 220 g/mol. The third-order valence-electron chi connectivity index (χ3n) is 3.89. The molecule has 2 rings (SSSR count). The Morgan fingerprint density at radius 3 is 2.47 bits per heavy atom. The van der Waals surface area contributed by atoms with Gasteiger partial charge in [0.25, 0.3) is 0 Å². The molecule has 1 fully saturated rings. The Kier molecular flexibility index (Phi) is 2.89. The summed E-state index contributed by atoms with van der Waals surface area (Å²) in [6.07, 6.45) is 2.15. The van der Waals surface area contributed by atoms with Crippen molar-refractivity contribution in [3.05, 3.63) is 5.82 Å². The number of aliphatic carboxylic acids is 1. The van der Waals surface area contributed by atoms with Crippen LogP contribution in [0.5, 0.6) is 0 Å². The highest BCUT2D eigenvalue weighted by molar-refractivity contribution is 5.77. The van der Waals surface area contributed by atoms with Gasteiger partial charge in [-0.2, -0.15) is 0 Å². The van der Waals surface area contributed by atoms with Crippen LogP contribution in [0.3, 0.4) is 0 Å². The number of carboxylic acids is 1. The number of aromatic nitrogens is 4. The summed E-state index contributed by atoms with van der Waals surface area (Å²) in [7, 11) is 0. The van der Waals surface area contributed by atoms with E-state index >= 15 is 0 Å². The molecule has 1 unspecified atom stereocenters. The lowest BCUT2D eigenvalue weighted by atomic mass is 9.76. The van der Waals surface area contributed by atoms with Gasteiger partial charge >= 0.3 is 5.97 Å². The summed E-state index contributed by atoms with van der Waals surface area (Å²) in [4.78, 5) is 11.4. The van der Waals surface area contributed by atoms with Gasteiger partial charge < -0.3 is 5.11 Å². The van der Waals surface area contributed by atoms with E-state index in [-0.39, 0.29) is 5.92 Å². The van der Waals surface area contributed by atoms with Crippen molar-refractivity contribution < 1.29 is 9.90 Å². The van der Waals surface area contributed by atoms with Crippen LogP contribution in [0.1, 0.15) is 51.8 Å². The van der Waals surface area contributed by atoms with Gasteiger partial charge in [0.2, 0.25) is 0 Å². The van der Waals surface area contributed by atoms with E-state index in [4.69, 9.17) is 0 Å².